The molecule has 5 rings (SSSR count). The summed E-state index contributed by atoms with van der Waals surface area (Å²) in [5, 5.41) is 7.86. The normalized spacial score (nSPS) is 19.9. The predicted octanol–water partition coefficient (Wildman–Crippen LogP) is 4.19. The van der Waals surface area contributed by atoms with E-state index in [-0.39, 0.29) is 11.9 Å². The molecule has 0 radical (unpaired) electrons. The van der Waals surface area contributed by atoms with Gasteiger partial charge >= 0.3 is 0 Å². The minimum Gasteiger partial charge on any atom is -0.348 e. The van der Waals surface area contributed by atoms with Crippen molar-refractivity contribution < 1.29 is 4.79 Å². The lowest BCUT2D eigenvalue weighted by Gasteiger charge is -2.33. The fourth-order valence-corrected chi connectivity index (χ4v) is 4.84. The number of rotatable bonds is 6. The molecule has 174 valence electrons. The van der Waals surface area contributed by atoms with E-state index in [9.17, 15) is 4.79 Å². The minimum atomic E-state index is -0.00535. The molecule has 6 heteroatoms. The monoisotopic (exact) mass is 453 g/mol. The number of hydrazone groups is 1. The molecule has 2 aromatic rings. The summed E-state index contributed by atoms with van der Waals surface area (Å²) in [6.07, 6.45) is 11.6. The molecular formula is C28H31N5O. The average molecular weight is 454 g/mol. The van der Waals surface area contributed by atoms with Crippen LogP contribution in [-0.2, 0) is 13.1 Å². The summed E-state index contributed by atoms with van der Waals surface area (Å²) >= 11 is 0. The molecule has 1 atom stereocenters. The van der Waals surface area contributed by atoms with Crippen molar-refractivity contribution >= 4 is 17.8 Å². The van der Waals surface area contributed by atoms with E-state index >= 15 is 0 Å². The van der Waals surface area contributed by atoms with E-state index in [1.807, 2.05) is 36.7 Å². The van der Waals surface area contributed by atoms with Crippen LogP contribution in [0, 0.1) is 0 Å². The molecule has 1 amide bonds. The number of allylic oxidation sites excluding steroid dienone is 3. The van der Waals surface area contributed by atoms with Crippen molar-refractivity contribution in [2.24, 2.45) is 10.1 Å². The highest BCUT2D eigenvalue weighted by atomic mass is 16.1. The fraction of sp³-hybridized carbons (Fsp3) is 0.321. The Kier molecular flexibility index (Phi) is 6.96. The number of piperidine rings is 1. The molecule has 0 aliphatic carbocycles. The molecule has 0 spiro atoms. The number of hydrogen-bond acceptors (Lipinski definition) is 5. The number of carbonyl (C=O) groups is 1. The first-order chi connectivity index (χ1) is 16.7. The molecule has 34 heavy (non-hydrogen) atoms. The van der Waals surface area contributed by atoms with Gasteiger partial charge in [0, 0.05) is 55.5 Å². The van der Waals surface area contributed by atoms with E-state index in [4.69, 9.17) is 0 Å². The minimum absolute atomic E-state index is 0.00535. The molecule has 6 nitrogen and oxygen atoms in total. The number of hydrogen-bond donors (Lipinski definition) is 2. The summed E-state index contributed by atoms with van der Waals surface area (Å²) < 4.78 is 0. The smallest absolute Gasteiger partial charge is 0.251 e. The molecule has 3 aliphatic rings. The van der Waals surface area contributed by atoms with E-state index in [1.54, 1.807) is 0 Å². The van der Waals surface area contributed by atoms with Crippen molar-refractivity contribution in [3.63, 3.8) is 0 Å². The Balaban J connectivity index is 1.25. The number of aliphatic imine (C=N–C) groups is 1. The maximum absolute atomic E-state index is 13.2. The lowest BCUT2D eigenvalue weighted by Crippen LogP contribution is -2.47. The van der Waals surface area contributed by atoms with Gasteiger partial charge < -0.3 is 10.7 Å². The number of fused-ring (bicyclic) bond motifs is 1. The Hall–Kier alpha value is -3.51. The van der Waals surface area contributed by atoms with E-state index < -0.39 is 0 Å². The van der Waals surface area contributed by atoms with Crippen LogP contribution in [0.15, 0.2) is 82.5 Å². The van der Waals surface area contributed by atoms with Gasteiger partial charge in [-0.1, -0.05) is 42.5 Å². The van der Waals surface area contributed by atoms with Gasteiger partial charge in [-0.05, 0) is 54.3 Å². The first kappa shape index (κ1) is 22.3. The zero-order chi connectivity index (χ0) is 23.2. The molecule has 0 saturated carbocycles. The highest BCUT2D eigenvalue weighted by Crippen LogP contribution is 2.22. The molecule has 1 fully saturated rings. The maximum Gasteiger partial charge on any atom is 0.251 e. The standard InChI is InChI=1S/C28H31N5O/c34-28(31-25-9-5-15-33(20-25)19-22-6-2-1-3-7-22)23-10-11-24-18-30-32-27(26(24)17-23)16-21-8-4-13-29-14-12-21/h1-3,6-8,10-14,17,25,30H,4-5,9,15-16,18-20H2,(H,31,34). The van der Waals surface area contributed by atoms with Crippen molar-refractivity contribution in [2.45, 2.75) is 44.8 Å². The molecule has 2 N–H and O–H groups in total. The highest BCUT2D eigenvalue weighted by Gasteiger charge is 2.23. The van der Waals surface area contributed by atoms with Crippen LogP contribution in [0.4, 0.5) is 0 Å². The molecule has 1 unspecified atom stereocenters. The second-order valence-electron chi connectivity index (χ2n) is 9.14. The summed E-state index contributed by atoms with van der Waals surface area (Å²) in [5.41, 5.74) is 9.51. The Bertz CT molecular complexity index is 1150. The van der Waals surface area contributed by atoms with Crippen molar-refractivity contribution in [1.82, 2.24) is 15.6 Å². The van der Waals surface area contributed by atoms with Gasteiger partial charge in [-0.3, -0.25) is 14.7 Å². The molecule has 0 aromatic heterocycles. The molecule has 0 bridgehead atoms. The summed E-state index contributed by atoms with van der Waals surface area (Å²) in [6, 6.07) is 16.7. The average Bonchev–Trinajstić information content (AvgIpc) is 3.13. The van der Waals surface area contributed by atoms with Gasteiger partial charge in [-0.2, -0.15) is 5.10 Å². The largest absolute Gasteiger partial charge is 0.348 e. The lowest BCUT2D eigenvalue weighted by atomic mass is 9.94. The zero-order valence-corrected chi connectivity index (χ0v) is 19.4. The third-order valence-electron chi connectivity index (χ3n) is 6.59. The summed E-state index contributed by atoms with van der Waals surface area (Å²) in [4.78, 5) is 19.8. The Morgan fingerprint density at radius 2 is 2.09 bits per heavy atom. The number of likely N-dealkylation sites (tertiary alicyclic amines) is 1. The number of benzene rings is 2. The SMILES string of the molecule is O=C(NC1CCCN(Cc2ccccc2)C1)c1ccc2c(c1)C(CC1=CCC=NC=C1)=NNC2. The van der Waals surface area contributed by atoms with Gasteiger partial charge in [0.25, 0.3) is 5.91 Å². The van der Waals surface area contributed by atoms with Gasteiger partial charge in [-0.25, -0.2) is 0 Å². The van der Waals surface area contributed by atoms with Crippen molar-refractivity contribution in [3.05, 3.63) is 94.7 Å². The maximum atomic E-state index is 13.2. The van der Waals surface area contributed by atoms with E-state index in [0.29, 0.717) is 18.5 Å². The van der Waals surface area contributed by atoms with Crippen molar-refractivity contribution in [2.75, 3.05) is 13.1 Å². The van der Waals surface area contributed by atoms with Gasteiger partial charge in [0.15, 0.2) is 0 Å². The number of carbonyl (C=O) groups excluding carboxylic acids is 1. The van der Waals surface area contributed by atoms with Crippen LogP contribution in [0.1, 0.15) is 52.7 Å². The lowest BCUT2D eigenvalue weighted by molar-refractivity contribution is 0.0900. The molecule has 2 aromatic carbocycles. The summed E-state index contributed by atoms with van der Waals surface area (Å²) in [7, 11) is 0. The van der Waals surface area contributed by atoms with Gasteiger partial charge in [-0.15, -0.1) is 0 Å². The first-order valence-corrected chi connectivity index (χ1v) is 12.1. The number of amides is 1. The third kappa shape index (κ3) is 5.51. The molecular weight excluding hydrogens is 422 g/mol. The van der Waals surface area contributed by atoms with Gasteiger partial charge in [0.05, 0.1) is 12.3 Å². The Labute approximate surface area is 201 Å². The van der Waals surface area contributed by atoms with E-state index in [2.05, 4.69) is 62.1 Å². The van der Waals surface area contributed by atoms with Crippen LogP contribution in [-0.4, -0.2) is 41.9 Å². The van der Waals surface area contributed by atoms with E-state index in [1.165, 1.54) is 16.7 Å². The van der Waals surface area contributed by atoms with Crippen LogP contribution in [0.25, 0.3) is 0 Å². The topological polar surface area (TPSA) is 69.1 Å². The second-order valence-corrected chi connectivity index (χ2v) is 9.14. The zero-order valence-electron chi connectivity index (χ0n) is 19.4. The summed E-state index contributed by atoms with van der Waals surface area (Å²) in [5.74, 6) is -0.00535. The van der Waals surface area contributed by atoms with Crippen LogP contribution in [0.5, 0.6) is 0 Å². The third-order valence-corrected chi connectivity index (χ3v) is 6.59. The molecule has 3 aliphatic heterocycles. The first-order valence-electron chi connectivity index (χ1n) is 12.1. The highest BCUT2D eigenvalue weighted by molar-refractivity contribution is 6.06. The quantitative estimate of drug-likeness (QED) is 0.689. The predicted molar refractivity (Wildman–Crippen MR) is 137 cm³/mol. The van der Waals surface area contributed by atoms with Crippen LogP contribution < -0.4 is 10.7 Å². The Morgan fingerprint density at radius 3 is 3.00 bits per heavy atom. The van der Waals surface area contributed by atoms with Crippen molar-refractivity contribution in [3.8, 4) is 0 Å². The van der Waals surface area contributed by atoms with E-state index in [0.717, 1.165) is 50.2 Å². The number of nitrogens with one attached hydrogen (secondary N) is 2. The van der Waals surface area contributed by atoms with Crippen LogP contribution >= 0.6 is 0 Å². The van der Waals surface area contributed by atoms with Crippen LogP contribution in [0.2, 0.25) is 0 Å². The molecule has 3 heterocycles. The summed E-state index contributed by atoms with van der Waals surface area (Å²) in [6.45, 7) is 3.55. The molecule has 1 saturated heterocycles. The van der Waals surface area contributed by atoms with Gasteiger partial charge in [0.1, 0.15) is 0 Å². The second kappa shape index (κ2) is 10.6. The van der Waals surface area contributed by atoms with Crippen LogP contribution in [0.3, 0.4) is 0 Å². The Morgan fingerprint density at radius 1 is 1.18 bits per heavy atom. The number of nitrogens with zero attached hydrogens (tertiary/aromatic N) is 3. The van der Waals surface area contributed by atoms with Crippen molar-refractivity contribution in [1.29, 1.82) is 0 Å². The fourth-order valence-electron chi connectivity index (χ4n) is 4.84. The van der Waals surface area contributed by atoms with Gasteiger partial charge in [0.2, 0.25) is 0 Å².